The summed E-state index contributed by atoms with van der Waals surface area (Å²) in [6, 6.07) is 7.14. The van der Waals surface area contributed by atoms with Crippen LogP contribution in [0.25, 0.3) is 0 Å². The second-order valence-corrected chi connectivity index (χ2v) is 4.15. The lowest BCUT2D eigenvalue weighted by atomic mass is 10.1. The maximum absolute atomic E-state index is 11.8. The van der Waals surface area contributed by atoms with Crippen molar-refractivity contribution in [2.24, 2.45) is 0 Å². The van der Waals surface area contributed by atoms with Gasteiger partial charge in [0.1, 0.15) is 0 Å². The molecule has 1 aromatic rings. The molecular weight excluding hydrogens is 222 g/mol. The van der Waals surface area contributed by atoms with Crippen LogP contribution in [0.5, 0.6) is 0 Å². The number of halogens is 1. The molecule has 0 aliphatic carbocycles. The lowest BCUT2D eigenvalue weighted by Gasteiger charge is -2.17. The first-order chi connectivity index (χ1) is 7.67. The molecule has 0 heterocycles. The lowest BCUT2D eigenvalue weighted by molar-refractivity contribution is 0.0966. The maximum atomic E-state index is 11.8. The molecule has 0 amide bonds. The van der Waals surface area contributed by atoms with Gasteiger partial charge in [-0.3, -0.25) is 4.79 Å². The highest BCUT2D eigenvalue weighted by atomic mass is 35.5. The minimum absolute atomic E-state index is 0.161. The van der Waals surface area contributed by atoms with E-state index in [0.29, 0.717) is 17.0 Å². The maximum Gasteiger partial charge on any atom is 0.164 e. The van der Waals surface area contributed by atoms with E-state index in [0.717, 1.165) is 19.6 Å². The van der Waals surface area contributed by atoms with Crippen molar-refractivity contribution in [3.05, 3.63) is 34.9 Å². The van der Waals surface area contributed by atoms with E-state index in [4.69, 9.17) is 11.6 Å². The first kappa shape index (κ1) is 13.2. The highest BCUT2D eigenvalue weighted by Crippen LogP contribution is 2.12. The van der Waals surface area contributed by atoms with Crippen LogP contribution >= 0.6 is 11.6 Å². The van der Waals surface area contributed by atoms with Crippen molar-refractivity contribution < 1.29 is 4.79 Å². The first-order valence-corrected chi connectivity index (χ1v) is 6.06. The number of carbonyl (C=O) groups is 1. The van der Waals surface area contributed by atoms with Crippen LogP contribution in [-0.4, -0.2) is 30.3 Å². The van der Waals surface area contributed by atoms with Gasteiger partial charge in [0.25, 0.3) is 0 Å². The van der Waals surface area contributed by atoms with Gasteiger partial charge in [-0.1, -0.05) is 37.6 Å². The van der Waals surface area contributed by atoms with Crippen LogP contribution in [0.3, 0.4) is 0 Å². The van der Waals surface area contributed by atoms with Crippen molar-refractivity contribution in [3.63, 3.8) is 0 Å². The third kappa shape index (κ3) is 3.95. The summed E-state index contributed by atoms with van der Waals surface area (Å²) in [6.45, 7) is 7.00. The van der Waals surface area contributed by atoms with E-state index in [1.54, 1.807) is 12.1 Å². The molecule has 0 spiro atoms. The Balaban J connectivity index is 2.52. The zero-order valence-electron chi connectivity index (χ0n) is 9.87. The standard InChI is InChI=1S/C13H18ClNO/c1-3-15(4-2)9-8-13(16)11-6-5-7-12(14)10-11/h5-7,10H,3-4,8-9H2,1-2H3. The largest absolute Gasteiger partial charge is 0.303 e. The normalized spacial score (nSPS) is 10.8. The van der Waals surface area contributed by atoms with Crippen molar-refractivity contribution in [1.29, 1.82) is 0 Å². The van der Waals surface area contributed by atoms with Crippen LogP contribution in [0.15, 0.2) is 24.3 Å². The van der Waals surface area contributed by atoms with Gasteiger partial charge in [0.05, 0.1) is 0 Å². The number of carbonyl (C=O) groups excluding carboxylic acids is 1. The van der Waals surface area contributed by atoms with Gasteiger partial charge in [-0.25, -0.2) is 0 Å². The van der Waals surface area contributed by atoms with Crippen molar-refractivity contribution in [2.45, 2.75) is 20.3 Å². The second kappa shape index (κ2) is 6.66. The number of nitrogens with zero attached hydrogens (tertiary/aromatic N) is 1. The molecule has 0 radical (unpaired) electrons. The quantitative estimate of drug-likeness (QED) is 0.711. The summed E-state index contributed by atoms with van der Waals surface area (Å²) in [6.07, 6.45) is 0.558. The molecule has 0 aliphatic rings. The van der Waals surface area contributed by atoms with E-state index >= 15 is 0 Å². The van der Waals surface area contributed by atoms with Gasteiger partial charge >= 0.3 is 0 Å². The number of rotatable bonds is 6. The molecule has 0 aliphatic heterocycles. The lowest BCUT2D eigenvalue weighted by Crippen LogP contribution is -2.25. The molecule has 3 heteroatoms. The summed E-state index contributed by atoms with van der Waals surface area (Å²) in [5.41, 5.74) is 0.708. The Kier molecular flexibility index (Phi) is 5.50. The average Bonchev–Trinajstić information content (AvgIpc) is 2.30. The SMILES string of the molecule is CCN(CC)CCC(=O)c1cccc(Cl)c1. The topological polar surface area (TPSA) is 20.3 Å². The number of benzene rings is 1. The molecule has 0 aromatic heterocycles. The Bertz CT molecular complexity index is 348. The Morgan fingerprint density at radius 1 is 1.31 bits per heavy atom. The second-order valence-electron chi connectivity index (χ2n) is 3.71. The third-order valence-corrected chi connectivity index (χ3v) is 2.93. The monoisotopic (exact) mass is 239 g/mol. The molecular formula is C13H18ClNO. The fraction of sp³-hybridized carbons (Fsp3) is 0.462. The van der Waals surface area contributed by atoms with Gasteiger partial charge in [0, 0.05) is 23.6 Å². The summed E-state index contributed by atoms with van der Waals surface area (Å²) in [5, 5.41) is 0.619. The summed E-state index contributed by atoms with van der Waals surface area (Å²) >= 11 is 5.84. The first-order valence-electron chi connectivity index (χ1n) is 5.68. The molecule has 1 aromatic carbocycles. The van der Waals surface area contributed by atoms with Gasteiger partial charge in [0.2, 0.25) is 0 Å². The molecule has 1 rings (SSSR count). The van der Waals surface area contributed by atoms with E-state index in [1.165, 1.54) is 0 Å². The summed E-state index contributed by atoms with van der Waals surface area (Å²) in [7, 11) is 0. The van der Waals surface area contributed by atoms with Gasteiger partial charge in [-0.05, 0) is 25.2 Å². The van der Waals surface area contributed by atoms with Gasteiger partial charge < -0.3 is 4.90 Å². The molecule has 0 atom stereocenters. The van der Waals surface area contributed by atoms with Crippen LogP contribution < -0.4 is 0 Å². The highest BCUT2D eigenvalue weighted by molar-refractivity contribution is 6.31. The Hall–Kier alpha value is -0.860. The van der Waals surface area contributed by atoms with Gasteiger partial charge in [-0.15, -0.1) is 0 Å². The molecule has 16 heavy (non-hydrogen) atoms. The average molecular weight is 240 g/mol. The Morgan fingerprint density at radius 3 is 2.56 bits per heavy atom. The van der Waals surface area contributed by atoms with E-state index in [2.05, 4.69) is 18.7 Å². The van der Waals surface area contributed by atoms with Crippen molar-refractivity contribution >= 4 is 17.4 Å². The molecule has 0 N–H and O–H groups in total. The van der Waals surface area contributed by atoms with Crippen molar-refractivity contribution in [2.75, 3.05) is 19.6 Å². The van der Waals surface area contributed by atoms with E-state index in [1.807, 2.05) is 12.1 Å². The molecule has 0 fully saturated rings. The van der Waals surface area contributed by atoms with Crippen LogP contribution in [0.1, 0.15) is 30.6 Å². The molecule has 0 saturated heterocycles. The van der Waals surface area contributed by atoms with Crippen molar-refractivity contribution in [3.8, 4) is 0 Å². The Morgan fingerprint density at radius 2 is 2.00 bits per heavy atom. The van der Waals surface area contributed by atoms with Gasteiger partial charge in [-0.2, -0.15) is 0 Å². The highest BCUT2D eigenvalue weighted by Gasteiger charge is 2.08. The minimum atomic E-state index is 0.161. The van der Waals surface area contributed by atoms with E-state index in [-0.39, 0.29) is 5.78 Å². The summed E-state index contributed by atoms with van der Waals surface area (Å²) < 4.78 is 0. The minimum Gasteiger partial charge on any atom is -0.303 e. The summed E-state index contributed by atoms with van der Waals surface area (Å²) in [4.78, 5) is 14.1. The van der Waals surface area contributed by atoms with Crippen LogP contribution in [0.4, 0.5) is 0 Å². The van der Waals surface area contributed by atoms with E-state index < -0.39 is 0 Å². The van der Waals surface area contributed by atoms with E-state index in [9.17, 15) is 4.79 Å². The zero-order chi connectivity index (χ0) is 12.0. The molecule has 0 unspecified atom stereocenters. The van der Waals surface area contributed by atoms with Gasteiger partial charge in [0.15, 0.2) is 5.78 Å². The predicted molar refractivity (Wildman–Crippen MR) is 68.2 cm³/mol. The van der Waals surface area contributed by atoms with Crippen LogP contribution in [-0.2, 0) is 0 Å². The zero-order valence-corrected chi connectivity index (χ0v) is 10.6. The van der Waals surface area contributed by atoms with Crippen molar-refractivity contribution in [1.82, 2.24) is 4.90 Å². The molecule has 0 bridgehead atoms. The number of Topliss-reactive ketones (excluding diaryl/α,β-unsaturated/α-hetero) is 1. The predicted octanol–water partition coefficient (Wildman–Crippen LogP) is 3.25. The molecule has 2 nitrogen and oxygen atoms in total. The number of hydrogen-bond donors (Lipinski definition) is 0. The third-order valence-electron chi connectivity index (χ3n) is 2.70. The number of ketones is 1. The Labute approximate surface area is 102 Å². The smallest absolute Gasteiger partial charge is 0.164 e. The fourth-order valence-electron chi connectivity index (χ4n) is 1.61. The molecule has 0 saturated carbocycles. The summed E-state index contributed by atoms with van der Waals surface area (Å²) in [5.74, 6) is 0.161. The molecule has 88 valence electrons. The van der Waals surface area contributed by atoms with Crippen LogP contribution in [0.2, 0.25) is 5.02 Å². The van der Waals surface area contributed by atoms with Crippen LogP contribution in [0, 0.1) is 0 Å². The fourth-order valence-corrected chi connectivity index (χ4v) is 1.80. The number of hydrogen-bond acceptors (Lipinski definition) is 2.